The molecule has 2 nitrogen and oxygen atoms in total. The molecule has 0 radical (unpaired) electrons. The number of anilines is 1. The average Bonchev–Trinajstić information content (AvgIpc) is 2.16. The monoisotopic (exact) mass is 253 g/mol. The molecule has 0 amide bonds. The molecule has 1 aromatic carbocycles. The summed E-state index contributed by atoms with van der Waals surface area (Å²) < 4.78 is 7.13. The fourth-order valence-corrected chi connectivity index (χ4v) is 2.56. The maximum atomic E-state index is 6.08. The quantitative estimate of drug-likeness (QED) is 0.767. The highest BCUT2D eigenvalue weighted by atomic mass is 79.9. The first-order chi connectivity index (χ1) is 6.79. The lowest BCUT2D eigenvalue weighted by atomic mass is 9.79. The van der Waals surface area contributed by atoms with Gasteiger partial charge in [-0.15, -0.1) is 0 Å². The van der Waals surface area contributed by atoms with Crippen LogP contribution in [0.5, 0.6) is 5.75 Å². The first-order valence-electron chi connectivity index (χ1n) is 5.01. The van der Waals surface area contributed by atoms with E-state index in [0.717, 1.165) is 22.5 Å². The summed E-state index contributed by atoms with van der Waals surface area (Å²) in [6, 6.07) is 6.11. The smallest absolute Gasteiger partial charge is 0.157 e. The van der Waals surface area contributed by atoms with Crippen LogP contribution in [0, 0.1) is 0 Å². The van der Waals surface area contributed by atoms with E-state index in [4.69, 9.17) is 4.74 Å². The van der Waals surface area contributed by atoms with Crippen molar-refractivity contribution in [1.82, 2.24) is 0 Å². The molecular formula is C11H12BrNO. The summed E-state index contributed by atoms with van der Waals surface area (Å²) in [5.74, 6) is 0.985. The molecule has 0 bridgehead atoms. The highest BCUT2D eigenvalue weighted by molar-refractivity contribution is 9.10. The number of fused-ring (bicyclic) bond motifs is 1. The topological polar surface area (TPSA) is 21.3 Å². The second-order valence-electron chi connectivity index (χ2n) is 4.11. The van der Waals surface area contributed by atoms with Crippen LogP contribution in [0.15, 0.2) is 22.7 Å². The maximum Gasteiger partial charge on any atom is 0.157 e. The van der Waals surface area contributed by atoms with Crippen LogP contribution in [0.1, 0.15) is 19.3 Å². The zero-order valence-electron chi connectivity index (χ0n) is 7.85. The van der Waals surface area contributed by atoms with Gasteiger partial charge in [0.2, 0.25) is 0 Å². The molecule has 2 aliphatic rings. The molecule has 1 fully saturated rings. The Labute approximate surface area is 91.8 Å². The average molecular weight is 254 g/mol. The Morgan fingerprint density at radius 1 is 1.36 bits per heavy atom. The van der Waals surface area contributed by atoms with Gasteiger partial charge in [-0.1, -0.05) is 6.07 Å². The van der Waals surface area contributed by atoms with Gasteiger partial charge in [0.05, 0.1) is 16.7 Å². The van der Waals surface area contributed by atoms with E-state index < -0.39 is 0 Å². The van der Waals surface area contributed by atoms with Gasteiger partial charge in [-0.3, -0.25) is 0 Å². The van der Waals surface area contributed by atoms with Crippen LogP contribution in [0.4, 0.5) is 5.69 Å². The fourth-order valence-electron chi connectivity index (χ4n) is 2.11. The van der Waals surface area contributed by atoms with Crippen molar-refractivity contribution < 1.29 is 4.74 Å². The Morgan fingerprint density at radius 3 is 2.93 bits per heavy atom. The Bertz CT molecular complexity index is 374. The summed E-state index contributed by atoms with van der Waals surface area (Å²) in [5.41, 5.74) is 1.20. The van der Waals surface area contributed by atoms with E-state index in [1.54, 1.807) is 0 Å². The Balaban J connectivity index is 2.00. The predicted octanol–water partition coefficient (Wildman–Crippen LogP) is 3.18. The predicted molar refractivity (Wildman–Crippen MR) is 59.8 cm³/mol. The summed E-state index contributed by atoms with van der Waals surface area (Å²) in [6.45, 7) is 0.955. The molecule has 1 aliphatic heterocycles. The van der Waals surface area contributed by atoms with Crippen molar-refractivity contribution in [3.8, 4) is 5.75 Å². The van der Waals surface area contributed by atoms with E-state index in [9.17, 15) is 0 Å². The summed E-state index contributed by atoms with van der Waals surface area (Å²) in [7, 11) is 0. The third-order valence-corrected chi connectivity index (χ3v) is 3.78. The molecule has 1 spiro atoms. The SMILES string of the molecule is Brc1cccc2c1OC1(CCC1)CN2. The van der Waals surface area contributed by atoms with Crippen molar-refractivity contribution in [3.63, 3.8) is 0 Å². The van der Waals surface area contributed by atoms with Gasteiger partial charge < -0.3 is 10.1 Å². The zero-order chi connectivity index (χ0) is 9.60. The minimum absolute atomic E-state index is 0.0941. The van der Waals surface area contributed by atoms with Gasteiger partial charge in [0.25, 0.3) is 0 Å². The number of hydrogen-bond donors (Lipinski definition) is 1. The van der Waals surface area contributed by atoms with E-state index in [1.807, 2.05) is 12.1 Å². The molecule has 1 N–H and O–H groups in total. The summed E-state index contributed by atoms with van der Waals surface area (Å²) in [4.78, 5) is 0. The highest BCUT2D eigenvalue weighted by Gasteiger charge is 2.42. The van der Waals surface area contributed by atoms with E-state index in [2.05, 4.69) is 27.3 Å². The van der Waals surface area contributed by atoms with E-state index in [-0.39, 0.29) is 5.60 Å². The Kier molecular flexibility index (Phi) is 1.78. The molecule has 0 saturated heterocycles. The Morgan fingerprint density at radius 2 is 2.21 bits per heavy atom. The standard InChI is InChI=1S/C11H12BrNO/c12-8-3-1-4-9-10(8)14-11(7-13-9)5-2-6-11/h1,3-4,13H,2,5-7H2. The van der Waals surface area contributed by atoms with Crippen molar-refractivity contribution >= 4 is 21.6 Å². The second kappa shape index (κ2) is 2.89. The minimum Gasteiger partial charge on any atom is -0.482 e. The van der Waals surface area contributed by atoms with Gasteiger partial charge in [-0.2, -0.15) is 0 Å². The lowest BCUT2D eigenvalue weighted by Crippen LogP contribution is -2.51. The number of halogens is 1. The van der Waals surface area contributed by atoms with Gasteiger partial charge in [-0.05, 0) is 47.3 Å². The molecule has 3 rings (SSSR count). The Hall–Kier alpha value is -0.700. The molecule has 14 heavy (non-hydrogen) atoms. The maximum absolute atomic E-state index is 6.08. The molecule has 0 unspecified atom stereocenters. The molecule has 0 atom stereocenters. The van der Waals surface area contributed by atoms with Crippen LogP contribution >= 0.6 is 15.9 Å². The van der Waals surface area contributed by atoms with Crippen LogP contribution in [-0.2, 0) is 0 Å². The molecule has 1 saturated carbocycles. The van der Waals surface area contributed by atoms with E-state index >= 15 is 0 Å². The largest absolute Gasteiger partial charge is 0.482 e. The summed E-state index contributed by atoms with van der Waals surface area (Å²) in [6.07, 6.45) is 3.66. The normalized spacial score (nSPS) is 21.8. The number of rotatable bonds is 0. The molecule has 1 aliphatic carbocycles. The summed E-state index contributed by atoms with van der Waals surface area (Å²) in [5, 5.41) is 3.44. The fraction of sp³-hybridized carbons (Fsp3) is 0.455. The number of nitrogens with one attached hydrogen (secondary N) is 1. The van der Waals surface area contributed by atoms with Gasteiger partial charge in [0, 0.05) is 0 Å². The van der Waals surface area contributed by atoms with E-state index in [1.165, 1.54) is 19.3 Å². The van der Waals surface area contributed by atoms with Crippen LogP contribution in [0.2, 0.25) is 0 Å². The van der Waals surface area contributed by atoms with Crippen LogP contribution in [0.3, 0.4) is 0 Å². The van der Waals surface area contributed by atoms with Crippen LogP contribution in [-0.4, -0.2) is 12.1 Å². The molecule has 1 heterocycles. The van der Waals surface area contributed by atoms with Gasteiger partial charge in [0.15, 0.2) is 5.75 Å². The van der Waals surface area contributed by atoms with Gasteiger partial charge in [-0.25, -0.2) is 0 Å². The molecule has 1 aromatic rings. The minimum atomic E-state index is 0.0941. The first kappa shape index (κ1) is 8.60. The third-order valence-electron chi connectivity index (χ3n) is 3.15. The van der Waals surface area contributed by atoms with Crippen molar-refractivity contribution in [2.24, 2.45) is 0 Å². The zero-order valence-corrected chi connectivity index (χ0v) is 9.43. The van der Waals surface area contributed by atoms with Crippen molar-refractivity contribution in [3.05, 3.63) is 22.7 Å². The van der Waals surface area contributed by atoms with Gasteiger partial charge >= 0.3 is 0 Å². The molecule has 3 heteroatoms. The number of hydrogen-bond acceptors (Lipinski definition) is 2. The number of para-hydroxylation sites is 1. The van der Waals surface area contributed by atoms with Gasteiger partial charge in [0.1, 0.15) is 5.60 Å². The molecular weight excluding hydrogens is 242 g/mol. The highest BCUT2D eigenvalue weighted by Crippen LogP contribution is 2.45. The lowest BCUT2D eigenvalue weighted by Gasteiger charge is -2.45. The second-order valence-corrected chi connectivity index (χ2v) is 4.96. The van der Waals surface area contributed by atoms with Crippen molar-refractivity contribution in [1.29, 1.82) is 0 Å². The van der Waals surface area contributed by atoms with Crippen LogP contribution in [0.25, 0.3) is 0 Å². The van der Waals surface area contributed by atoms with Crippen molar-refractivity contribution in [2.45, 2.75) is 24.9 Å². The molecule has 74 valence electrons. The number of benzene rings is 1. The van der Waals surface area contributed by atoms with E-state index in [0.29, 0.717) is 0 Å². The van der Waals surface area contributed by atoms with Crippen molar-refractivity contribution in [2.75, 3.05) is 11.9 Å². The third kappa shape index (κ3) is 1.15. The lowest BCUT2D eigenvalue weighted by molar-refractivity contribution is -0.000480. The summed E-state index contributed by atoms with van der Waals surface area (Å²) >= 11 is 3.52. The first-order valence-corrected chi connectivity index (χ1v) is 5.80. The molecule has 0 aromatic heterocycles. The van der Waals surface area contributed by atoms with Crippen LogP contribution < -0.4 is 10.1 Å². The number of ether oxygens (including phenoxy) is 1.